The minimum absolute atomic E-state index is 0.143. The molecule has 0 aliphatic carbocycles. The fourth-order valence-electron chi connectivity index (χ4n) is 2.55. The van der Waals surface area contributed by atoms with E-state index in [1.807, 2.05) is 0 Å². The van der Waals surface area contributed by atoms with Crippen LogP contribution in [0.2, 0.25) is 5.02 Å². The van der Waals surface area contributed by atoms with E-state index in [1.165, 1.54) is 19.1 Å². The van der Waals surface area contributed by atoms with Crippen LogP contribution < -0.4 is 10.6 Å². The molecule has 11 heteroatoms. The van der Waals surface area contributed by atoms with Gasteiger partial charge in [0.15, 0.2) is 5.78 Å². The zero-order valence-electron chi connectivity index (χ0n) is 16.1. The third-order valence-corrected chi connectivity index (χ3v) is 6.16. The van der Waals surface area contributed by atoms with E-state index in [9.17, 15) is 14.4 Å². The highest BCUT2D eigenvalue weighted by Gasteiger charge is 2.36. The molecule has 0 radical (unpaired) electrons. The minimum Gasteiger partial charge on any atom is -0.462 e. The Labute approximate surface area is 197 Å². The molecule has 0 aliphatic rings. The molecule has 2 aromatic rings. The second-order valence-electron chi connectivity index (χ2n) is 6.14. The zero-order valence-corrected chi connectivity index (χ0v) is 20.0. The number of carbonyl (C=O) groups excluding carboxylic acids is 3. The van der Waals surface area contributed by atoms with Crippen LogP contribution >= 0.6 is 57.7 Å². The van der Waals surface area contributed by atoms with Crippen molar-refractivity contribution in [2.45, 2.75) is 30.7 Å². The standard InChI is InChI=1S/C19H18Cl4N2O4S/c1-4-29-17(28)13-9(2)14(10(3)26)30-16(13)25-18(19(21,22)23)24-15(27)11-5-7-12(20)8-6-11/h5-8,18,25H,4H2,1-3H3,(H,24,27). The molecule has 1 heterocycles. The van der Waals surface area contributed by atoms with E-state index in [-0.39, 0.29) is 28.5 Å². The Hall–Kier alpha value is -1.51. The highest BCUT2D eigenvalue weighted by Crippen LogP contribution is 2.38. The number of thiophene rings is 1. The number of esters is 1. The Morgan fingerprint density at radius 2 is 1.77 bits per heavy atom. The van der Waals surface area contributed by atoms with E-state index in [2.05, 4.69) is 10.6 Å². The molecular formula is C19H18Cl4N2O4S. The van der Waals surface area contributed by atoms with Crippen molar-refractivity contribution in [3.63, 3.8) is 0 Å². The van der Waals surface area contributed by atoms with Gasteiger partial charge in [-0.3, -0.25) is 9.59 Å². The topological polar surface area (TPSA) is 84.5 Å². The summed E-state index contributed by atoms with van der Waals surface area (Å²) in [5.74, 6) is -1.40. The fraction of sp³-hybridized carbons (Fsp3) is 0.316. The summed E-state index contributed by atoms with van der Waals surface area (Å²) < 4.78 is 3.11. The Morgan fingerprint density at radius 3 is 2.27 bits per heavy atom. The van der Waals surface area contributed by atoms with Crippen LogP contribution in [0.3, 0.4) is 0 Å². The predicted molar refractivity (Wildman–Crippen MR) is 122 cm³/mol. The summed E-state index contributed by atoms with van der Waals surface area (Å²) >= 11 is 25.0. The van der Waals surface area contributed by atoms with Crippen molar-refractivity contribution in [2.75, 3.05) is 11.9 Å². The maximum absolute atomic E-state index is 12.6. The van der Waals surface area contributed by atoms with Crippen molar-refractivity contribution in [2.24, 2.45) is 0 Å². The van der Waals surface area contributed by atoms with Gasteiger partial charge in [-0.25, -0.2) is 4.79 Å². The van der Waals surface area contributed by atoms with Gasteiger partial charge in [0.05, 0.1) is 17.0 Å². The molecule has 0 saturated carbocycles. The molecule has 2 rings (SSSR count). The summed E-state index contributed by atoms with van der Waals surface area (Å²) in [4.78, 5) is 37.4. The van der Waals surface area contributed by atoms with Crippen LogP contribution in [0.5, 0.6) is 0 Å². The van der Waals surface area contributed by atoms with Crippen molar-refractivity contribution in [1.82, 2.24) is 5.32 Å². The predicted octanol–water partition coefficient (Wildman–Crippen LogP) is 5.63. The number of alkyl halides is 3. The molecule has 0 fully saturated rings. The number of ketones is 1. The maximum atomic E-state index is 12.6. The quantitative estimate of drug-likeness (QED) is 0.218. The molecule has 1 unspecified atom stereocenters. The average molecular weight is 512 g/mol. The van der Waals surface area contributed by atoms with Crippen molar-refractivity contribution < 1.29 is 19.1 Å². The van der Waals surface area contributed by atoms with Crippen LogP contribution in [0.4, 0.5) is 5.00 Å². The van der Waals surface area contributed by atoms with Crippen molar-refractivity contribution in [1.29, 1.82) is 0 Å². The Kier molecular flexibility index (Phi) is 8.42. The number of hydrogen-bond donors (Lipinski definition) is 2. The van der Waals surface area contributed by atoms with Crippen LogP contribution in [0.25, 0.3) is 0 Å². The molecule has 1 atom stereocenters. The summed E-state index contributed by atoms with van der Waals surface area (Å²) in [5, 5.41) is 6.15. The Balaban J connectivity index is 2.40. The summed E-state index contributed by atoms with van der Waals surface area (Å²) in [6, 6.07) is 6.13. The first kappa shape index (κ1) is 24.8. The molecule has 30 heavy (non-hydrogen) atoms. The van der Waals surface area contributed by atoms with Gasteiger partial charge in [0.25, 0.3) is 5.91 Å². The van der Waals surface area contributed by atoms with E-state index < -0.39 is 21.8 Å². The number of carbonyl (C=O) groups is 3. The molecule has 0 saturated heterocycles. The van der Waals surface area contributed by atoms with Gasteiger partial charge in [0.2, 0.25) is 3.79 Å². The number of Topliss-reactive ketones (excluding diaryl/α,β-unsaturated/α-hetero) is 1. The number of amides is 1. The maximum Gasteiger partial charge on any atom is 0.341 e. The van der Waals surface area contributed by atoms with E-state index in [0.717, 1.165) is 11.3 Å². The molecule has 2 N–H and O–H groups in total. The van der Waals surface area contributed by atoms with Gasteiger partial charge in [-0.2, -0.15) is 0 Å². The van der Waals surface area contributed by atoms with E-state index in [0.29, 0.717) is 15.5 Å². The second kappa shape index (κ2) is 10.2. The average Bonchev–Trinajstić information content (AvgIpc) is 2.97. The molecule has 1 aromatic heterocycles. The SMILES string of the molecule is CCOC(=O)c1c(NC(NC(=O)c2ccc(Cl)cc2)C(Cl)(Cl)Cl)sc(C(C)=O)c1C. The highest BCUT2D eigenvalue weighted by molar-refractivity contribution is 7.18. The van der Waals surface area contributed by atoms with Crippen LogP contribution in [0.1, 0.15) is 49.8 Å². The van der Waals surface area contributed by atoms with Gasteiger partial charge in [-0.15, -0.1) is 11.3 Å². The zero-order chi connectivity index (χ0) is 22.6. The largest absolute Gasteiger partial charge is 0.462 e. The van der Waals surface area contributed by atoms with E-state index in [1.54, 1.807) is 26.0 Å². The number of benzene rings is 1. The molecule has 0 bridgehead atoms. The number of rotatable bonds is 7. The number of anilines is 1. The molecule has 1 amide bonds. The Bertz CT molecular complexity index is 955. The van der Waals surface area contributed by atoms with Crippen molar-refractivity contribution in [3.8, 4) is 0 Å². The van der Waals surface area contributed by atoms with E-state index >= 15 is 0 Å². The minimum atomic E-state index is -1.98. The summed E-state index contributed by atoms with van der Waals surface area (Å²) in [7, 11) is 0. The van der Waals surface area contributed by atoms with Gasteiger partial charge in [-0.05, 0) is 50.6 Å². The van der Waals surface area contributed by atoms with E-state index in [4.69, 9.17) is 51.1 Å². The van der Waals surface area contributed by atoms with Gasteiger partial charge in [-0.1, -0.05) is 46.4 Å². The van der Waals surface area contributed by atoms with Crippen LogP contribution in [0, 0.1) is 6.92 Å². The first-order valence-electron chi connectivity index (χ1n) is 8.66. The lowest BCUT2D eigenvalue weighted by atomic mass is 10.1. The van der Waals surface area contributed by atoms with Gasteiger partial charge in [0, 0.05) is 10.6 Å². The summed E-state index contributed by atoms with van der Waals surface area (Å²) in [6.07, 6.45) is -1.23. The lowest BCUT2D eigenvalue weighted by Gasteiger charge is -2.27. The van der Waals surface area contributed by atoms with Crippen LogP contribution in [0.15, 0.2) is 24.3 Å². The van der Waals surface area contributed by atoms with Gasteiger partial charge in [0.1, 0.15) is 11.2 Å². The third-order valence-electron chi connectivity index (χ3n) is 3.93. The lowest BCUT2D eigenvalue weighted by Crippen LogP contribution is -2.49. The molecular weight excluding hydrogens is 494 g/mol. The Morgan fingerprint density at radius 1 is 1.17 bits per heavy atom. The van der Waals surface area contributed by atoms with Gasteiger partial charge < -0.3 is 15.4 Å². The van der Waals surface area contributed by atoms with Gasteiger partial charge >= 0.3 is 5.97 Å². The number of halogens is 4. The first-order valence-corrected chi connectivity index (χ1v) is 11.0. The fourth-order valence-corrected chi connectivity index (χ4v) is 4.12. The molecule has 1 aromatic carbocycles. The van der Waals surface area contributed by atoms with Crippen LogP contribution in [-0.2, 0) is 4.74 Å². The third kappa shape index (κ3) is 6.02. The summed E-state index contributed by atoms with van der Waals surface area (Å²) in [6.45, 7) is 4.81. The number of ether oxygens (including phenoxy) is 1. The normalized spacial score (nSPS) is 12.2. The summed E-state index contributed by atoms with van der Waals surface area (Å²) in [5.41, 5.74) is 0.880. The van der Waals surface area contributed by atoms with Crippen molar-refractivity contribution >= 4 is 80.4 Å². The van der Waals surface area contributed by atoms with Crippen LogP contribution in [-0.4, -0.2) is 34.2 Å². The molecule has 162 valence electrons. The lowest BCUT2D eigenvalue weighted by molar-refractivity contribution is 0.0527. The molecule has 0 aliphatic heterocycles. The molecule has 0 spiro atoms. The monoisotopic (exact) mass is 510 g/mol. The smallest absolute Gasteiger partial charge is 0.341 e. The van der Waals surface area contributed by atoms with Crippen molar-refractivity contribution in [3.05, 3.63) is 50.9 Å². The number of nitrogens with one attached hydrogen (secondary N) is 2. The first-order chi connectivity index (χ1) is 14.0. The highest BCUT2D eigenvalue weighted by atomic mass is 35.6. The number of hydrogen-bond acceptors (Lipinski definition) is 6. The second-order valence-corrected chi connectivity index (χ2v) is 9.96. The molecule has 6 nitrogen and oxygen atoms in total.